The molecule has 0 aliphatic carbocycles. The normalized spacial score (nSPS) is 14.2. The summed E-state index contributed by atoms with van der Waals surface area (Å²) in [5.41, 5.74) is 0.648. The Morgan fingerprint density at radius 3 is 2.44 bits per heavy atom. The molecule has 0 amide bonds. The summed E-state index contributed by atoms with van der Waals surface area (Å²) >= 11 is 5.79. The number of hydrogen-bond acceptors (Lipinski definition) is 2. The van der Waals surface area contributed by atoms with Crippen LogP contribution >= 0.6 is 11.6 Å². The second-order valence-corrected chi connectivity index (χ2v) is 5.18. The van der Waals surface area contributed by atoms with Gasteiger partial charge in [-0.25, -0.2) is 0 Å². The Morgan fingerprint density at radius 1 is 1.28 bits per heavy atom. The van der Waals surface area contributed by atoms with Crippen molar-refractivity contribution in [2.24, 2.45) is 5.92 Å². The number of benzene rings is 1. The summed E-state index contributed by atoms with van der Waals surface area (Å²) in [4.78, 5) is 12.1. The van der Waals surface area contributed by atoms with Crippen LogP contribution in [-0.2, 0) is 4.74 Å². The quantitative estimate of drug-likeness (QED) is 0.687. The van der Waals surface area contributed by atoms with Gasteiger partial charge in [0.05, 0.1) is 6.61 Å². The van der Waals surface area contributed by atoms with Gasteiger partial charge >= 0.3 is 0 Å². The maximum atomic E-state index is 12.1. The largest absolute Gasteiger partial charge is 0.370 e. The van der Waals surface area contributed by atoms with Gasteiger partial charge in [-0.3, -0.25) is 4.79 Å². The first-order valence-corrected chi connectivity index (χ1v) is 6.83. The molecule has 0 saturated heterocycles. The fourth-order valence-electron chi connectivity index (χ4n) is 1.81. The smallest absolute Gasteiger partial charge is 0.191 e. The molecule has 0 fully saturated rings. The number of ether oxygens (including phenoxy) is 1. The minimum atomic E-state index is -0.398. The highest BCUT2D eigenvalue weighted by Gasteiger charge is 2.16. The minimum Gasteiger partial charge on any atom is -0.370 e. The summed E-state index contributed by atoms with van der Waals surface area (Å²) in [6.07, 6.45) is 1.87. The number of ketones is 1. The van der Waals surface area contributed by atoms with Crippen molar-refractivity contribution in [1.29, 1.82) is 0 Å². The fourth-order valence-corrected chi connectivity index (χ4v) is 1.94. The third-order valence-corrected chi connectivity index (χ3v) is 3.16. The molecule has 0 radical (unpaired) electrons. The van der Waals surface area contributed by atoms with Gasteiger partial charge in [0.15, 0.2) is 5.78 Å². The van der Waals surface area contributed by atoms with E-state index in [1.54, 1.807) is 31.2 Å². The molecular weight excluding hydrogens is 248 g/mol. The summed E-state index contributed by atoms with van der Waals surface area (Å²) in [6, 6.07) is 6.92. The van der Waals surface area contributed by atoms with E-state index in [2.05, 4.69) is 13.8 Å². The van der Waals surface area contributed by atoms with Crippen LogP contribution in [0, 0.1) is 5.92 Å². The van der Waals surface area contributed by atoms with Crippen LogP contribution in [0.1, 0.15) is 44.0 Å². The van der Waals surface area contributed by atoms with Crippen molar-refractivity contribution >= 4 is 17.4 Å². The van der Waals surface area contributed by atoms with Crippen molar-refractivity contribution in [3.8, 4) is 0 Å². The second kappa shape index (κ2) is 7.55. The molecule has 18 heavy (non-hydrogen) atoms. The predicted molar refractivity (Wildman–Crippen MR) is 75.3 cm³/mol. The molecule has 2 nitrogen and oxygen atoms in total. The Morgan fingerprint density at radius 2 is 1.89 bits per heavy atom. The molecule has 1 aromatic rings. The number of Topliss-reactive ketones (excluding diaryl/α,β-unsaturated/α-hetero) is 1. The van der Waals surface area contributed by atoms with E-state index in [9.17, 15) is 4.79 Å². The Hall–Kier alpha value is -0.860. The molecule has 100 valence electrons. The van der Waals surface area contributed by atoms with Crippen molar-refractivity contribution in [3.05, 3.63) is 34.9 Å². The highest BCUT2D eigenvalue weighted by Crippen LogP contribution is 2.13. The van der Waals surface area contributed by atoms with E-state index in [0.29, 0.717) is 23.1 Å². The number of carbonyl (C=O) groups excluding carboxylic acids is 1. The van der Waals surface area contributed by atoms with Crippen molar-refractivity contribution in [2.45, 2.75) is 39.7 Å². The van der Waals surface area contributed by atoms with Gasteiger partial charge in [-0.1, -0.05) is 31.9 Å². The van der Waals surface area contributed by atoms with Crippen LogP contribution in [-0.4, -0.2) is 18.5 Å². The van der Waals surface area contributed by atoms with Gasteiger partial charge < -0.3 is 4.74 Å². The molecule has 0 bridgehead atoms. The van der Waals surface area contributed by atoms with Gasteiger partial charge in [0.25, 0.3) is 0 Å². The summed E-state index contributed by atoms with van der Waals surface area (Å²) in [5, 5.41) is 0.636. The molecule has 1 aromatic carbocycles. The van der Waals surface area contributed by atoms with E-state index in [0.717, 1.165) is 12.8 Å². The van der Waals surface area contributed by atoms with Crippen LogP contribution in [0.5, 0.6) is 0 Å². The lowest BCUT2D eigenvalue weighted by atomic mass is 10.1. The van der Waals surface area contributed by atoms with Crippen LogP contribution in [0.25, 0.3) is 0 Å². The summed E-state index contributed by atoms with van der Waals surface area (Å²) in [5.74, 6) is 0.505. The van der Waals surface area contributed by atoms with Gasteiger partial charge in [-0.2, -0.15) is 0 Å². The maximum Gasteiger partial charge on any atom is 0.191 e. The lowest BCUT2D eigenvalue weighted by Gasteiger charge is -2.15. The topological polar surface area (TPSA) is 26.3 Å². The van der Waals surface area contributed by atoms with Crippen LogP contribution in [0.15, 0.2) is 24.3 Å². The lowest BCUT2D eigenvalue weighted by molar-refractivity contribution is 0.0354. The Labute approximate surface area is 114 Å². The molecule has 0 saturated carbocycles. The minimum absolute atomic E-state index is 0.00960. The number of carbonyl (C=O) groups is 1. The zero-order chi connectivity index (χ0) is 13.5. The van der Waals surface area contributed by atoms with E-state index in [-0.39, 0.29) is 5.78 Å². The van der Waals surface area contributed by atoms with Gasteiger partial charge in [0.1, 0.15) is 6.10 Å². The molecule has 2 unspecified atom stereocenters. The average molecular weight is 269 g/mol. The van der Waals surface area contributed by atoms with Crippen LogP contribution in [0.3, 0.4) is 0 Å². The predicted octanol–water partition coefficient (Wildman–Crippen LogP) is 4.36. The third-order valence-electron chi connectivity index (χ3n) is 2.91. The number of halogens is 1. The van der Waals surface area contributed by atoms with Crippen molar-refractivity contribution in [2.75, 3.05) is 6.61 Å². The Balaban J connectivity index is 2.48. The molecule has 0 N–H and O–H groups in total. The maximum absolute atomic E-state index is 12.1. The Kier molecular flexibility index (Phi) is 6.37. The van der Waals surface area contributed by atoms with Crippen LogP contribution < -0.4 is 0 Å². The van der Waals surface area contributed by atoms with Gasteiger partial charge in [0.2, 0.25) is 0 Å². The average Bonchev–Trinajstić information content (AvgIpc) is 2.36. The summed E-state index contributed by atoms with van der Waals surface area (Å²) in [6.45, 7) is 6.73. The van der Waals surface area contributed by atoms with Crippen molar-refractivity contribution in [3.63, 3.8) is 0 Å². The second-order valence-electron chi connectivity index (χ2n) is 4.74. The first kappa shape index (κ1) is 15.2. The SMILES string of the molecule is CCCC(C)COC(C)C(=O)c1ccc(Cl)cc1. The van der Waals surface area contributed by atoms with E-state index in [1.165, 1.54) is 0 Å². The summed E-state index contributed by atoms with van der Waals surface area (Å²) in [7, 11) is 0. The molecule has 1 rings (SSSR count). The van der Waals surface area contributed by atoms with Crippen molar-refractivity contribution in [1.82, 2.24) is 0 Å². The highest BCUT2D eigenvalue weighted by atomic mass is 35.5. The molecule has 0 heterocycles. The van der Waals surface area contributed by atoms with Gasteiger partial charge in [-0.15, -0.1) is 0 Å². The molecule has 3 heteroatoms. The molecule has 2 atom stereocenters. The third kappa shape index (κ3) is 4.79. The van der Waals surface area contributed by atoms with Gasteiger partial charge in [0, 0.05) is 10.6 Å². The lowest BCUT2D eigenvalue weighted by Crippen LogP contribution is -2.23. The van der Waals surface area contributed by atoms with E-state index < -0.39 is 6.10 Å². The molecule has 0 aromatic heterocycles. The number of rotatable bonds is 7. The van der Waals surface area contributed by atoms with Crippen molar-refractivity contribution < 1.29 is 9.53 Å². The Bertz CT molecular complexity index is 373. The first-order chi connectivity index (χ1) is 8.54. The molecular formula is C15H21ClO2. The van der Waals surface area contributed by atoms with Crippen LogP contribution in [0.4, 0.5) is 0 Å². The zero-order valence-electron chi connectivity index (χ0n) is 11.3. The monoisotopic (exact) mass is 268 g/mol. The van der Waals surface area contributed by atoms with Gasteiger partial charge in [-0.05, 0) is 43.5 Å². The fraction of sp³-hybridized carbons (Fsp3) is 0.533. The van der Waals surface area contributed by atoms with E-state index in [1.807, 2.05) is 0 Å². The highest BCUT2D eigenvalue weighted by molar-refractivity contribution is 6.30. The first-order valence-electron chi connectivity index (χ1n) is 6.46. The molecule has 0 spiro atoms. The van der Waals surface area contributed by atoms with Crippen LogP contribution in [0.2, 0.25) is 5.02 Å². The zero-order valence-corrected chi connectivity index (χ0v) is 12.0. The van der Waals surface area contributed by atoms with E-state index in [4.69, 9.17) is 16.3 Å². The van der Waals surface area contributed by atoms with E-state index >= 15 is 0 Å². The molecule has 0 aliphatic rings. The molecule has 0 aliphatic heterocycles. The standard InChI is InChI=1S/C15H21ClO2/c1-4-5-11(2)10-18-12(3)15(17)13-6-8-14(16)9-7-13/h6-9,11-12H,4-5,10H2,1-3H3. The summed E-state index contributed by atoms with van der Waals surface area (Å²) < 4.78 is 5.62. The number of hydrogen-bond donors (Lipinski definition) is 0.